The van der Waals surface area contributed by atoms with Gasteiger partial charge >= 0.3 is 0 Å². The number of methoxy groups -OCH3 is 1. The SMILES string of the molecule is COc1ccc2ccc(S(=O)(=O)NC(Cc3cc4c(N)nccc4s3)C(=O)N3CCN(S(C)(=O)=O)CC3)cc2c1.Cl. The Morgan fingerprint density at radius 3 is 2.41 bits per heavy atom. The largest absolute Gasteiger partial charge is 0.497 e. The van der Waals surface area contributed by atoms with Crippen molar-refractivity contribution in [1.29, 1.82) is 0 Å². The zero-order valence-electron chi connectivity index (χ0n) is 22.3. The monoisotopic (exact) mass is 639 g/mol. The first-order valence-corrected chi connectivity index (χ1v) is 16.6. The molecule has 15 heteroatoms. The summed E-state index contributed by atoms with van der Waals surface area (Å²) in [6.45, 7) is 0.593. The summed E-state index contributed by atoms with van der Waals surface area (Å²) in [6, 6.07) is 12.6. The van der Waals surface area contributed by atoms with Crippen LogP contribution in [0.25, 0.3) is 20.9 Å². The van der Waals surface area contributed by atoms with Crippen molar-refractivity contribution in [3.05, 3.63) is 59.6 Å². The quantitative estimate of drug-likeness (QED) is 0.298. The van der Waals surface area contributed by atoms with Gasteiger partial charge in [-0.2, -0.15) is 9.03 Å². The van der Waals surface area contributed by atoms with E-state index in [9.17, 15) is 21.6 Å². The van der Waals surface area contributed by atoms with Crippen molar-refractivity contribution in [2.45, 2.75) is 17.4 Å². The number of fused-ring (bicyclic) bond motifs is 2. The van der Waals surface area contributed by atoms with Gasteiger partial charge in [0.15, 0.2) is 0 Å². The minimum Gasteiger partial charge on any atom is -0.497 e. The summed E-state index contributed by atoms with van der Waals surface area (Å²) >= 11 is 1.41. The highest BCUT2D eigenvalue weighted by molar-refractivity contribution is 7.89. The number of hydrogen-bond donors (Lipinski definition) is 2. The summed E-state index contributed by atoms with van der Waals surface area (Å²) in [4.78, 5) is 20.1. The van der Waals surface area contributed by atoms with Crippen LogP contribution in [0, 0.1) is 0 Å². The summed E-state index contributed by atoms with van der Waals surface area (Å²) in [5.74, 6) is 0.518. The van der Waals surface area contributed by atoms with Gasteiger partial charge in [-0.1, -0.05) is 12.1 Å². The highest BCUT2D eigenvalue weighted by atomic mass is 35.5. The zero-order valence-corrected chi connectivity index (χ0v) is 25.6. The number of rotatable bonds is 8. The normalized spacial score (nSPS) is 15.5. The number of carbonyl (C=O) groups is 1. The van der Waals surface area contributed by atoms with Gasteiger partial charge in [0.2, 0.25) is 26.0 Å². The number of nitrogens with two attached hydrogens (primary N) is 1. The van der Waals surface area contributed by atoms with Gasteiger partial charge in [0.25, 0.3) is 0 Å². The van der Waals surface area contributed by atoms with Crippen LogP contribution in [0.5, 0.6) is 5.75 Å². The van der Waals surface area contributed by atoms with Crippen LogP contribution < -0.4 is 15.2 Å². The molecule has 1 amide bonds. The number of ether oxygens (including phenoxy) is 1. The Morgan fingerprint density at radius 1 is 1.05 bits per heavy atom. The van der Waals surface area contributed by atoms with Crippen LogP contribution in [0.15, 0.2) is 59.6 Å². The first-order chi connectivity index (χ1) is 18.9. The smallest absolute Gasteiger partial charge is 0.241 e. The number of thiophene rings is 1. The standard InChI is InChI=1S/C26H29N5O6S3.ClH/c1-37-19-5-3-17-4-6-21(14-18(17)13-19)40(35,36)29-23(16-20-15-22-24(38-20)7-8-28-25(22)27)26(32)30-9-11-31(12-10-30)39(2,33)34;/h3-8,13-15,23,29H,9-12,16H2,1-2H3,(H2,27,28);1H. The van der Waals surface area contributed by atoms with Crippen LogP contribution in [-0.2, 0) is 31.3 Å². The molecule has 0 saturated carbocycles. The third-order valence-electron chi connectivity index (χ3n) is 6.88. The van der Waals surface area contributed by atoms with E-state index in [4.69, 9.17) is 10.5 Å². The van der Waals surface area contributed by atoms with Gasteiger partial charge in [-0.15, -0.1) is 23.7 Å². The van der Waals surface area contributed by atoms with E-state index in [0.29, 0.717) is 17.0 Å². The van der Waals surface area contributed by atoms with Gasteiger partial charge in [-0.25, -0.2) is 21.8 Å². The second-order valence-corrected chi connectivity index (χ2v) is 14.4. The highest BCUT2D eigenvalue weighted by Gasteiger charge is 2.33. The molecule has 220 valence electrons. The molecule has 1 aliphatic rings. The van der Waals surface area contributed by atoms with Crippen molar-refractivity contribution >= 4 is 76.4 Å². The maximum atomic E-state index is 13.7. The summed E-state index contributed by atoms with van der Waals surface area (Å²) in [5.41, 5.74) is 6.02. The van der Waals surface area contributed by atoms with Crippen molar-refractivity contribution in [3.63, 3.8) is 0 Å². The van der Waals surface area contributed by atoms with Crippen molar-refractivity contribution in [1.82, 2.24) is 18.9 Å². The molecule has 0 spiro atoms. The fourth-order valence-electron chi connectivity index (χ4n) is 4.73. The predicted molar refractivity (Wildman–Crippen MR) is 163 cm³/mol. The second-order valence-electron chi connectivity index (χ2n) is 9.56. The molecular weight excluding hydrogens is 610 g/mol. The Balaban J connectivity index is 0.00000387. The lowest BCUT2D eigenvalue weighted by Crippen LogP contribution is -2.56. The highest BCUT2D eigenvalue weighted by Crippen LogP contribution is 2.30. The summed E-state index contributed by atoms with van der Waals surface area (Å²) < 4.78 is 61.2. The summed E-state index contributed by atoms with van der Waals surface area (Å²) in [5, 5.41) is 2.25. The molecule has 0 bridgehead atoms. The Bertz CT molecular complexity index is 1800. The number of pyridine rings is 1. The molecule has 0 radical (unpaired) electrons. The lowest BCUT2D eigenvalue weighted by molar-refractivity contribution is -0.134. The number of halogens is 1. The van der Waals surface area contributed by atoms with E-state index in [-0.39, 0.29) is 49.9 Å². The number of aromatic nitrogens is 1. The van der Waals surface area contributed by atoms with E-state index in [0.717, 1.165) is 26.6 Å². The van der Waals surface area contributed by atoms with Gasteiger partial charge < -0.3 is 15.4 Å². The molecule has 1 atom stereocenters. The molecule has 1 unspecified atom stereocenters. The lowest BCUT2D eigenvalue weighted by atomic mass is 10.1. The molecule has 1 aliphatic heterocycles. The van der Waals surface area contributed by atoms with Gasteiger partial charge in [0.1, 0.15) is 17.6 Å². The van der Waals surface area contributed by atoms with E-state index < -0.39 is 32.0 Å². The average Bonchev–Trinajstić information content (AvgIpc) is 3.35. The Labute approximate surface area is 248 Å². The van der Waals surface area contributed by atoms with Crippen molar-refractivity contribution in [3.8, 4) is 5.75 Å². The number of anilines is 1. The van der Waals surface area contributed by atoms with Gasteiger partial charge in [0.05, 0.1) is 18.3 Å². The fraction of sp³-hybridized carbons (Fsp3) is 0.308. The van der Waals surface area contributed by atoms with E-state index in [1.165, 1.54) is 33.7 Å². The minimum absolute atomic E-state index is 0. The molecule has 0 aliphatic carbocycles. The molecule has 3 N–H and O–H groups in total. The first kappa shape index (κ1) is 30.9. The van der Waals surface area contributed by atoms with Gasteiger partial charge in [-0.3, -0.25) is 4.79 Å². The number of amides is 1. The first-order valence-electron chi connectivity index (χ1n) is 12.4. The van der Waals surface area contributed by atoms with Gasteiger partial charge in [0, 0.05) is 53.8 Å². The number of sulfonamides is 2. The molecule has 4 aromatic rings. The predicted octanol–water partition coefficient (Wildman–Crippen LogP) is 2.46. The van der Waals surface area contributed by atoms with E-state index in [1.807, 2.05) is 18.2 Å². The van der Waals surface area contributed by atoms with Gasteiger partial charge in [-0.05, 0) is 47.2 Å². The number of piperazine rings is 1. The third kappa shape index (κ3) is 6.74. The van der Waals surface area contributed by atoms with Crippen molar-refractivity contribution in [2.75, 3.05) is 45.3 Å². The maximum Gasteiger partial charge on any atom is 0.241 e. The molecule has 11 nitrogen and oxygen atoms in total. The average molecular weight is 640 g/mol. The maximum absolute atomic E-state index is 13.7. The van der Waals surface area contributed by atoms with Crippen LogP contribution in [0.4, 0.5) is 5.82 Å². The van der Waals surface area contributed by atoms with Crippen LogP contribution in [-0.4, -0.2) is 82.5 Å². The zero-order chi connectivity index (χ0) is 28.7. The lowest BCUT2D eigenvalue weighted by Gasteiger charge is -2.35. The van der Waals surface area contributed by atoms with E-state index in [1.54, 1.807) is 30.5 Å². The molecule has 41 heavy (non-hydrogen) atoms. The van der Waals surface area contributed by atoms with Crippen LogP contribution in [0.1, 0.15) is 4.88 Å². The number of nitrogens with one attached hydrogen (secondary N) is 1. The molecule has 2 aromatic heterocycles. The van der Waals surface area contributed by atoms with E-state index >= 15 is 0 Å². The van der Waals surface area contributed by atoms with Crippen LogP contribution in [0.3, 0.4) is 0 Å². The Kier molecular flexibility index (Phi) is 9.11. The fourth-order valence-corrected chi connectivity index (χ4v) is 7.89. The van der Waals surface area contributed by atoms with E-state index in [2.05, 4.69) is 9.71 Å². The number of benzene rings is 2. The Hall–Kier alpha value is -3.01. The third-order valence-corrected chi connectivity index (χ3v) is 10.8. The molecule has 5 rings (SSSR count). The number of hydrogen-bond acceptors (Lipinski definition) is 9. The number of carbonyl (C=O) groups excluding carboxylic acids is 1. The minimum atomic E-state index is -4.12. The number of nitrogens with zero attached hydrogens (tertiary/aromatic N) is 3. The van der Waals surface area contributed by atoms with Crippen molar-refractivity contribution in [2.24, 2.45) is 0 Å². The Morgan fingerprint density at radius 2 is 1.76 bits per heavy atom. The summed E-state index contributed by atoms with van der Waals surface area (Å²) in [7, 11) is -5.98. The van der Waals surface area contributed by atoms with Crippen LogP contribution >= 0.6 is 23.7 Å². The molecule has 1 fully saturated rings. The van der Waals surface area contributed by atoms with Crippen molar-refractivity contribution < 1.29 is 26.4 Å². The molecule has 3 heterocycles. The molecule has 2 aromatic carbocycles. The topological polar surface area (TPSA) is 152 Å². The number of nitrogen functional groups attached to an aromatic ring is 1. The molecule has 1 saturated heterocycles. The summed E-state index contributed by atoms with van der Waals surface area (Å²) in [6.07, 6.45) is 2.81. The molecular formula is C26H30ClN5O6S3. The van der Waals surface area contributed by atoms with Crippen LogP contribution in [0.2, 0.25) is 0 Å². The second kappa shape index (κ2) is 12.1.